The average molecular weight is 367 g/mol. The molecule has 132 valence electrons. The Morgan fingerprint density at radius 2 is 2.08 bits per heavy atom. The van der Waals surface area contributed by atoms with Crippen molar-refractivity contribution in [3.8, 4) is 11.5 Å². The molecular weight excluding hydrogens is 350 g/mol. The fourth-order valence-electron chi connectivity index (χ4n) is 3.13. The largest absolute Gasteiger partial charge is 0.496 e. The summed E-state index contributed by atoms with van der Waals surface area (Å²) < 4.78 is 13.2. The molecule has 0 bridgehead atoms. The van der Waals surface area contributed by atoms with Crippen LogP contribution in [0.5, 0.6) is 11.5 Å². The second-order valence-corrected chi connectivity index (χ2v) is 6.23. The van der Waals surface area contributed by atoms with Gasteiger partial charge in [0.05, 0.1) is 18.3 Å². The molecule has 6 nitrogen and oxygen atoms in total. The number of carbonyl (C=O) groups excluding carboxylic acids is 1. The molecule has 1 aromatic carbocycles. The van der Waals surface area contributed by atoms with Gasteiger partial charge in [-0.3, -0.25) is 19.2 Å². The van der Waals surface area contributed by atoms with Crippen molar-refractivity contribution < 1.29 is 14.3 Å². The molecule has 0 spiro atoms. The summed E-state index contributed by atoms with van der Waals surface area (Å²) in [5.74, 6) is 1.18. The molecule has 7 heteroatoms. The maximum atomic E-state index is 12.5. The summed E-state index contributed by atoms with van der Waals surface area (Å²) in [6.45, 7) is 2.78. The van der Waals surface area contributed by atoms with Crippen molar-refractivity contribution in [3.63, 3.8) is 0 Å². The minimum absolute atomic E-state index is 0.0910. The first-order valence-corrected chi connectivity index (χ1v) is 8.67. The first-order chi connectivity index (χ1) is 12.6. The third-order valence-electron chi connectivity index (χ3n) is 4.39. The van der Waals surface area contributed by atoms with Crippen molar-refractivity contribution in [1.29, 1.82) is 0 Å². The van der Waals surface area contributed by atoms with Gasteiger partial charge in [-0.05, 0) is 37.3 Å². The molecule has 3 aromatic rings. The third kappa shape index (κ3) is 2.52. The lowest BCUT2D eigenvalue weighted by atomic mass is 10.2. The van der Waals surface area contributed by atoms with E-state index in [0.717, 1.165) is 16.6 Å². The van der Waals surface area contributed by atoms with Crippen molar-refractivity contribution in [2.75, 3.05) is 13.7 Å². The van der Waals surface area contributed by atoms with Gasteiger partial charge in [-0.15, -0.1) is 0 Å². The number of hydrogen-bond donors (Lipinski definition) is 0. The normalized spacial score (nSPS) is 13.4. The predicted molar refractivity (Wildman–Crippen MR) is 102 cm³/mol. The summed E-state index contributed by atoms with van der Waals surface area (Å²) in [6, 6.07) is 11.2. The van der Waals surface area contributed by atoms with Crippen LogP contribution in [0.1, 0.15) is 23.1 Å². The summed E-state index contributed by atoms with van der Waals surface area (Å²) in [5.41, 5.74) is 2.17. The van der Waals surface area contributed by atoms with Crippen LogP contribution in [-0.4, -0.2) is 39.1 Å². The molecule has 0 radical (unpaired) electrons. The van der Waals surface area contributed by atoms with Crippen LogP contribution in [-0.2, 0) is 6.61 Å². The number of fused-ring (bicyclic) bond motifs is 3. The smallest absolute Gasteiger partial charge is 0.277 e. The maximum absolute atomic E-state index is 12.5. The molecule has 0 unspecified atom stereocenters. The zero-order valence-corrected chi connectivity index (χ0v) is 15.2. The fourth-order valence-corrected chi connectivity index (χ4v) is 3.54. The van der Waals surface area contributed by atoms with Crippen LogP contribution in [0.2, 0.25) is 0 Å². The van der Waals surface area contributed by atoms with Gasteiger partial charge < -0.3 is 9.47 Å². The van der Waals surface area contributed by atoms with E-state index in [9.17, 15) is 4.79 Å². The Labute approximate surface area is 155 Å². The summed E-state index contributed by atoms with van der Waals surface area (Å²) in [7, 11) is 1.60. The van der Waals surface area contributed by atoms with Crippen LogP contribution in [0.3, 0.4) is 0 Å². The highest BCUT2D eigenvalue weighted by molar-refractivity contribution is 7.80. The van der Waals surface area contributed by atoms with Crippen molar-refractivity contribution in [1.82, 2.24) is 14.5 Å². The summed E-state index contributed by atoms with van der Waals surface area (Å²) in [4.78, 5) is 18.4. The molecule has 0 saturated carbocycles. The lowest BCUT2D eigenvalue weighted by Gasteiger charge is -2.14. The SMILES string of the molecule is CCN1C(=O)c2cc3c(OC)cc(OCc4ccccn4)cc3n2C1=S. The molecule has 1 aliphatic rings. The van der Waals surface area contributed by atoms with Crippen molar-refractivity contribution in [2.24, 2.45) is 0 Å². The van der Waals surface area contributed by atoms with Gasteiger partial charge in [-0.25, -0.2) is 0 Å². The quantitative estimate of drug-likeness (QED) is 0.648. The van der Waals surface area contributed by atoms with Crippen LogP contribution < -0.4 is 9.47 Å². The van der Waals surface area contributed by atoms with Gasteiger partial charge in [0.25, 0.3) is 5.91 Å². The van der Waals surface area contributed by atoms with E-state index in [4.69, 9.17) is 21.7 Å². The van der Waals surface area contributed by atoms with Gasteiger partial charge >= 0.3 is 0 Å². The number of thiocarbonyl (C=S) groups is 1. The fraction of sp³-hybridized carbons (Fsp3) is 0.211. The molecule has 2 aromatic heterocycles. The van der Waals surface area contributed by atoms with Crippen LogP contribution in [0.25, 0.3) is 10.9 Å². The minimum Gasteiger partial charge on any atom is -0.496 e. The average Bonchev–Trinajstić information content (AvgIpc) is 3.16. The molecule has 1 aliphatic heterocycles. The number of rotatable bonds is 5. The van der Waals surface area contributed by atoms with E-state index in [-0.39, 0.29) is 5.91 Å². The predicted octanol–water partition coefficient (Wildman–Crippen LogP) is 3.23. The molecule has 4 rings (SSSR count). The zero-order chi connectivity index (χ0) is 18.3. The topological polar surface area (TPSA) is 56.6 Å². The van der Waals surface area contributed by atoms with Crippen molar-refractivity contribution in [3.05, 3.63) is 54.0 Å². The number of aromatic nitrogens is 2. The van der Waals surface area contributed by atoms with E-state index in [1.165, 1.54) is 0 Å². The Hall–Kier alpha value is -2.93. The van der Waals surface area contributed by atoms with E-state index in [1.54, 1.807) is 22.8 Å². The molecular formula is C19H17N3O3S. The van der Waals surface area contributed by atoms with E-state index in [2.05, 4.69) is 4.98 Å². The van der Waals surface area contributed by atoms with Crippen molar-refractivity contribution >= 4 is 34.1 Å². The van der Waals surface area contributed by atoms with Crippen molar-refractivity contribution in [2.45, 2.75) is 13.5 Å². The molecule has 0 aliphatic carbocycles. The number of amides is 1. The van der Waals surface area contributed by atoms with Crippen LogP contribution in [0, 0.1) is 0 Å². The van der Waals surface area contributed by atoms with E-state index >= 15 is 0 Å². The summed E-state index contributed by atoms with van der Waals surface area (Å²) >= 11 is 5.49. The van der Waals surface area contributed by atoms with Gasteiger partial charge in [0.15, 0.2) is 5.11 Å². The number of nitrogens with zero attached hydrogens (tertiary/aromatic N) is 3. The molecule has 0 saturated heterocycles. The number of ether oxygens (including phenoxy) is 2. The Bertz CT molecular complexity index is 1010. The monoisotopic (exact) mass is 367 g/mol. The lowest BCUT2D eigenvalue weighted by molar-refractivity contribution is 0.0866. The second-order valence-electron chi connectivity index (χ2n) is 5.87. The standard InChI is InChI=1S/C19H17N3O3S/c1-3-21-18(23)16-10-14-15(22(16)19(21)26)8-13(9-17(14)24-2)25-11-12-6-4-5-7-20-12/h4-10H,3,11H2,1-2H3. The number of hydrogen-bond acceptors (Lipinski definition) is 5. The van der Waals surface area contributed by atoms with Gasteiger partial charge in [-0.2, -0.15) is 0 Å². The number of methoxy groups -OCH3 is 1. The van der Waals surface area contributed by atoms with Gasteiger partial charge in [-0.1, -0.05) is 6.07 Å². The summed E-state index contributed by atoms with van der Waals surface area (Å²) in [5, 5.41) is 1.31. The maximum Gasteiger partial charge on any atom is 0.277 e. The van der Waals surface area contributed by atoms with Crippen LogP contribution >= 0.6 is 12.2 Å². The van der Waals surface area contributed by atoms with Crippen LogP contribution in [0.15, 0.2) is 42.6 Å². The zero-order valence-electron chi connectivity index (χ0n) is 14.4. The molecule has 3 heterocycles. The molecule has 0 atom stereocenters. The van der Waals surface area contributed by atoms with E-state index in [1.807, 2.05) is 43.3 Å². The minimum atomic E-state index is -0.0910. The Morgan fingerprint density at radius 1 is 1.23 bits per heavy atom. The second kappa shape index (κ2) is 6.42. The Morgan fingerprint density at radius 3 is 2.77 bits per heavy atom. The number of benzene rings is 1. The lowest BCUT2D eigenvalue weighted by Crippen LogP contribution is -2.30. The van der Waals surface area contributed by atoms with Gasteiger partial charge in [0, 0.05) is 30.3 Å². The highest BCUT2D eigenvalue weighted by Crippen LogP contribution is 2.36. The van der Waals surface area contributed by atoms with E-state index in [0.29, 0.717) is 35.5 Å². The number of pyridine rings is 1. The van der Waals surface area contributed by atoms with Crippen LogP contribution in [0.4, 0.5) is 0 Å². The Balaban J connectivity index is 1.76. The first-order valence-electron chi connectivity index (χ1n) is 8.26. The molecule has 26 heavy (non-hydrogen) atoms. The highest BCUT2D eigenvalue weighted by atomic mass is 32.1. The first kappa shape index (κ1) is 16.5. The van der Waals surface area contributed by atoms with Gasteiger partial charge in [0.2, 0.25) is 0 Å². The number of carbonyl (C=O) groups is 1. The highest BCUT2D eigenvalue weighted by Gasteiger charge is 2.34. The molecule has 0 N–H and O–H groups in total. The van der Waals surface area contributed by atoms with Gasteiger partial charge in [0.1, 0.15) is 23.8 Å². The summed E-state index contributed by atoms with van der Waals surface area (Å²) in [6.07, 6.45) is 1.73. The Kier molecular flexibility index (Phi) is 4.08. The molecule has 0 fully saturated rings. The van der Waals surface area contributed by atoms with E-state index < -0.39 is 0 Å². The third-order valence-corrected chi connectivity index (χ3v) is 4.80. The molecule has 1 amide bonds.